The van der Waals surface area contributed by atoms with Gasteiger partial charge in [0.2, 0.25) is 17.8 Å². The van der Waals surface area contributed by atoms with Gasteiger partial charge in [-0.2, -0.15) is 18.2 Å². The van der Waals surface area contributed by atoms with Gasteiger partial charge in [0.25, 0.3) is 5.56 Å². The maximum atomic E-state index is 13.0. The number of benzene rings is 2. The Bertz CT molecular complexity index is 1340. The first kappa shape index (κ1) is 23.8. The lowest BCUT2D eigenvalue weighted by molar-refractivity contribution is -0.137. The van der Waals surface area contributed by atoms with Gasteiger partial charge in [-0.05, 0) is 37.3 Å². The zero-order valence-electron chi connectivity index (χ0n) is 18.3. The van der Waals surface area contributed by atoms with E-state index in [1.54, 1.807) is 31.2 Å². The van der Waals surface area contributed by atoms with E-state index in [0.29, 0.717) is 18.0 Å². The van der Waals surface area contributed by atoms with Crippen LogP contribution in [0.1, 0.15) is 30.4 Å². The first-order valence-electron chi connectivity index (χ1n) is 10.6. The molecule has 4 rings (SSSR count). The molecular weight excluding hydrogens is 467 g/mol. The molecule has 2 aromatic carbocycles. The van der Waals surface area contributed by atoms with E-state index in [1.165, 1.54) is 12.1 Å². The lowest BCUT2D eigenvalue weighted by Crippen LogP contribution is -2.36. The van der Waals surface area contributed by atoms with Crippen LogP contribution in [-0.2, 0) is 15.8 Å². The first-order chi connectivity index (χ1) is 16.7. The van der Waals surface area contributed by atoms with Crippen LogP contribution in [0.3, 0.4) is 0 Å². The third kappa shape index (κ3) is 5.26. The summed E-state index contributed by atoms with van der Waals surface area (Å²) in [6, 6.07) is 11.0. The number of aromatic nitrogens is 2. The summed E-state index contributed by atoms with van der Waals surface area (Å²) in [6.45, 7) is 2.16. The van der Waals surface area contributed by atoms with Crippen LogP contribution in [-0.4, -0.2) is 28.4 Å². The van der Waals surface area contributed by atoms with Crippen molar-refractivity contribution in [3.05, 3.63) is 70.0 Å². The highest BCUT2D eigenvalue weighted by atomic mass is 19.4. The van der Waals surface area contributed by atoms with E-state index in [2.05, 4.69) is 25.9 Å². The number of carbonyl (C=O) groups is 2. The van der Waals surface area contributed by atoms with Crippen LogP contribution < -0.4 is 26.2 Å². The predicted octanol–water partition coefficient (Wildman–Crippen LogP) is 4.00. The Morgan fingerprint density at radius 3 is 2.69 bits per heavy atom. The minimum Gasteiger partial charge on any atom is -0.492 e. The summed E-state index contributed by atoms with van der Waals surface area (Å²) in [5, 5.41) is 7.72. The van der Waals surface area contributed by atoms with Crippen molar-refractivity contribution in [3.8, 4) is 5.75 Å². The standard InChI is InChI=1S/C23H20F3N5O4/c1-2-35-16-9-4-3-8-15(16)28-20(33)14-11-17(32)29-19-18(14)21(34)31-22(30-19)27-13-7-5-6-12(10-13)23(24,25)26/h3-10,14H,2,11H2,1H3,(H,28,33)(H3,27,29,30,31,32,34). The average molecular weight is 487 g/mol. The Morgan fingerprint density at radius 2 is 1.94 bits per heavy atom. The molecule has 35 heavy (non-hydrogen) atoms. The Hall–Kier alpha value is -4.35. The first-order valence-corrected chi connectivity index (χ1v) is 10.6. The maximum absolute atomic E-state index is 13.0. The molecule has 0 aliphatic carbocycles. The summed E-state index contributed by atoms with van der Waals surface area (Å²) >= 11 is 0. The van der Waals surface area contributed by atoms with Crippen molar-refractivity contribution < 1.29 is 27.5 Å². The number of halogens is 3. The SMILES string of the molecule is CCOc1ccccc1NC(=O)C1CC(=O)Nc2nc(Nc3cccc(C(F)(F)F)c3)[nH]c(=O)c21. The molecule has 2 heterocycles. The zero-order valence-corrected chi connectivity index (χ0v) is 18.3. The van der Waals surface area contributed by atoms with E-state index in [9.17, 15) is 27.6 Å². The second kappa shape index (κ2) is 9.49. The molecule has 1 atom stereocenters. The number of hydrogen-bond acceptors (Lipinski definition) is 6. The van der Waals surface area contributed by atoms with Crippen LogP contribution in [0.5, 0.6) is 5.75 Å². The van der Waals surface area contributed by atoms with E-state index in [0.717, 1.165) is 12.1 Å². The molecule has 2 amide bonds. The van der Waals surface area contributed by atoms with Gasteiger partial charge in [0.05, 0.1) is 29.3 Å². The minimum atomic E-state index is -4.55. The second-order valence-corrected chi connectivity index (χ2v) is 7.60. The number of anilines is 4. The molecule has 182 valence electrons. The van der Waals surface area contributed by atoms with Gasteiger partial charge in [-0.1, -0.05) is 18.2 Å². The van der Waals surface area contributed by atoms with Crippen molar-refractivity contribution in [2.45, 2.75) is 25.4 Å². The Labute approximate surface area is 196 Å². The van der Waals surface area contributed by atoms with Gasteiger partial charge in [0, 0.05) is 12.1 Å². The number of fused-ring (bicyclic) bond motifs is 1. The van der Waals surface area contributed by atoms with Gasteiger partial charge < -0.3 is 20.7 Å². The topological polar surface area (TPSA) is 125 Å². The quantitative estimate of drug-likeness (QED) is 0.417. The minimum absolute atomic E-state index is 0.0203. The summed E-state index contributed by atoms with van der Waals surface area (Å²) in [7, 11) is 0. The molecule has 1 unspecified atom stereocenters. The molecule has 4 N–H and O–H groups in total. The van der Waals surface area contributed by atoms with E-state index in [4.69, 9.17) is 4.74 Å². The number of rotatable bonds is 6. The van der Waals surface area contributed by atoms with Gasteiger partial charge >= 0.3 is 6.18 Å². The number of alkyl halides is 3. The Balaban J connectivity index is 1.63. The molecule has 0 radical (unpaired) electrons. The summed E-state index contributed by atoms with van der Waals surface area (Å²) in [4.78, 5) is 44.7. The number of para-hydroxylation sites is 2. The summed E-state index contributed by atoms with van der Waals surface area (Å²) < 4.78 is 44.5. The summed E-state index contributed by atoms with van der Waals surface area (Å²) in [5.41, 5.74) is -1.28. The number of nitrogens with zero attached hydrogens (tertiary/aromatic N) is 1. The summed E-state index contributed by atoms with van der Waals surface area (Å²) in [6.07, 6.45) is -4.84. The van der Waals surface area contributed by atoms with E-state index < -0.39 is 35.0 Å². The van der Waals surface area contributed by atoms with Gasteiger partial charge in [0.15, 0.2) is 0 Å². The number of carbonyl (C=O) groups excluding carboxylic acids is 2. The molecule has 1 aliphatic heterocycles. The fraction of sp³-hybridized carbons (Fsp3) is 0.217. The molecule has 0 bridgehead atoms. The fourth-order valence-corrected chi connectivity index (χ4v) is 3.64. The van der Waals surface area contributed by atoms with Crippen molar-refractivity contribution >= 4 is 35.0 Å². The van der Waals surface area contributed by atoms with Crippen molar-refractivity contribution in [2.24, 2.45) is 0 Å². The zero-order chi connectivity index (χ0) is 25.2. The number of hydrogen-bond donors (Lipinski definition) is 4. The molecule has 9 nitrogen and oxygen atoms in total. The second-order valence-electron chi connectivity index (χ2n) is 7.60. The Kier molecular flexibility index (Phi) is 6.45. The Morgan fingerprint density at radius 1 is 1.17 bits per heavy atom. The van der Waals surface area contributed by atoms with E-state index in [-0.39, 0.29) is 29.4 Å². The van der Waals surface area contributed by atoms with Crippen LogP contribution in [0, 0.1) is 0 Å². The highest BCUT2D eigenvalue weighted by Gasteiger charge is 2.35. The number of nitrogens with one attached hydrogen (secondary N) is 4. The van der Waals surface area contributed by atoms with Crippen LogP contribution in [0.15, 0.2) is 53.3 Å². The van der Waals surface area contributed by atoms with Gasteiger partial charge in [-0.25, -0.2) is 0 Å². The molecule has 0 saturated carbocycles. The smallest absolute Gasteiger partial charge is 0.416 e. The van der Waals surface area contributed by atoms with Crippen molar-refractivity contribution in [1.29, 1.82) is 0 Å². The average Bonchev–Trinajstić information content (AvgIpc) is 2.79. The third-order valence-electron chi connectivity index (χ3n) is 5.16. The lowest BCUT2D eigenvalue weighted by atomic mass is 9.92. The molecule has 0 fully saturated rings. The molecule has 3 aromatic rings. The number of amides is 2. The molecule has 0 spiro atoms. The molecule has 12 heteroatoms. The van der Waals surface area contributed by atoms with Crippen LogP contribution >= 0.6 is 0 Å². The maximum Gasteiger partial charge on any atom is 0.416 e. The predicted molar refractivity (Wildman–Crippen MR) is 122 cm³/mol. The van der Waals surface area contributed by atoms with Gasteiger partial charge in [-0.15, -0.1) is 0 Å². The van der Waals surface area contributed by atoms with Crippen molar-refractivity contribution in [3.63, 3.8) is 0 Å². The highest BCUT2D eigenvalue weighted by molar-refractivity contribution is 6.05. The molecular formula is C23H20F3N5O4. The highest BCUT2D eigenvalue weighted by Crippen LogP contribution is 2.33. The number of H-pyrrole nitrogens is 1. The molecule has 0 saturated heterocycles. The van der Waals surface area contributed by atoms with Crippen molar-refractivity contribution in [1.82, 2.24) is 9.97 Å². The third-order valence-corrected chi connectivity index (χ3v) is 5.16. The van der Waals surface area contributed by atoms with E-state index >= 15 is 0 Å². The van der Waals surface area contributed by atoms with Crippen molar-refractivity contribution in [2.75, 3.05) is 22.6 Å². The van der Waals surface area contributed by atoms with E-state index in [1.807, 2.05) is 0 Å². The van der Waals surface area contributed by atoms with Crippen LogP contribution in [0.4, 0.5) is 36.3 Å². The van der Waals surface area contributed by atoms with Gasteiger partial charge in [-0.3, -0.25) is 19.4 Å². The largest absolute Gasteiger partial charge is 0.492 e. The monoisotopic (exact) mass is 487 g/mol. The molecule has 1 aliphatic rings. The molecule has 1 aromatic heterocycles. The van der Waals surface area contributed by atoms with Gasteiger partial charge in [0.1, 0.15) is 11.6 Å². The normalized spacial score (nSPS) is 15.1. The number of ether oxygens (including phenoxy) is 1. The number of aromatic amines is 1. The van der Waals surface area contributed by atoms with Crippen LogP contribution in [0.25, 0.3) is 0 Å². The fourth-order valence-electron chi connectivity index (χ4n) is 3.64. The summed E-state index contributed by atoms with van der Waals surface area (Å²) in [5.74, 6) is -2.23. The van der Waals surface area contributed by atoms with Crippen LogP contribution in [0.2, 0.25) is 0 Å². The lowest BCUT2D eigenvalue weighted by Gasteiger charge is -2.24.